The van der Waals surface area contributed by atoms with E-state index in [9.17, 15) is 14.4 Å². The van der Waals surface area contributed by atoms with Crippen LogP contribution in [0.4, 0.5) is 0 Å². The molecule has 0 aliphatic rings. The van der Waals surface area contributed by atoms with Crippen LogP contribution in [0.5, 0.6) is 0 Å². The van der Waals surface area contributed by atoms with Crippen molar-refractivity contribution < 1.29 is 34.8 Å². The molecule has 4 radical (unpaired) electrons. The minimum absolute atomic E-state index is 0. The SMILES string of the molecule is O=C(O)CC(O)(CC(=O)O)C(=O)O.[Pb]. The molecule has 7 nitrogen and oxygen atoms in total. The number of hydrogen-bond acceptors (Lipinski definition) is 4. The molecule has 0 saturated heterocycles. The first kappa shape index (κ1) is 15.8. The predicted octanol–water partition coefficient (Wildman–Crippen LogP) is -1.63. The first-order chi connectivity index (χ1) is 5.78. The Bertz CT molecular complexity index is 233. The van der Waals surface area contributed by atoms with Gasteiger partial charge in [0, 0.05) is 27.3 Å². The Morgan fingerprint density at radius 3 is 1.36 bits per heavy atom. The van der Waals surface area contributed by atoms with Gasteiger partial charge < -0.3 is 20.4 Å². The van der Waals surface area contributed by atoms with E-state index in [2.05, 4.69) is 0 Å². The van der Waals surface area contributed by atoms with E-state index < -0.39 is 36.4 Å². The van der Waals surface area contributed by atoms with Gasteiger partial charge in [-0.05, 0) is 0 Å². The first-order valence-corrected chi connectivity index (χ1v) is 3.17. The average molecular weight is 399 g/mol. The van der Waals surface area contributed by atoms with Crippen molar-refractivity contribution in [3.8, 4) is 0 Å². The van der Waals surface area contributed by atoms with Gasteiger partial charge in [-0.1, -0.05) is 0 Å². The summed E-state index contributed by atoms with van der Waals surface area (Å²) in [7, 11) is 0. The van der Waals surface area contributed by atoms with Crippen LogP contribution in [0.2, 0.25) is 0 Å². The van der Waals surface area contributed by atoms with E-state index in [1.165, 1.54) is 0 Å². The molecule has 0 fully saturated rings. The van der Waals surface area contributed by atoms with Crippen molar-refractivity contribution in [2.45, 2.75) is 18.4 Å². The monoisotopic (exact) mass is 400 g/mol. The van der Waals surface area contributed by atoms with Crippen molar-refractivity contribution in [2.75, 3.05) is 0 Å². The van der Waals surface area contributed by atoms with Crippen molar-refractivity contribution in [3.63, 3.8) is 0 Å². The number of hydrogen-bond donors (Lipinski definition) is 4. The van der Waals surface area contributed by atoms with Gasteiger partial charge in [-0.2, -0.15) is 0 Å². The molecular weight excluding hydrogens is 391 g/mol. The van der Waals surface area contributed by atoms with E-state index in [1.54, 1.807) is 0 Å². The van der Waals surface area contributed by atoms with Gasteiger partial charge in [0.15, 0.2) is 5.60 Å². The molecule has 0 heterocycles. The Balaban J connectivity index is 0. The number of aliphatic carboxylic acids is 3. The van der Waals surface area contributed by atoms with E-state index in [-0.39, 0.29) is 27.3 Å². The van der Waals surface area contributed by atoms with Gasteiger partial charge in [0.1, 0.15) is 0 Å². The number of carboxylic acid groups (broad SMARTS) is 3. The van der Waals surface area contributed by atoms with Crippen LogP contribution in [0.3, 0.4) is 0 Å². The average Bonchev–Trinajstić information content (AvgIpc) is 1.82. The zero-order valence-corrected chi connectivity index (χ0v) is 10.8. The largest absolute Gasteiger partial charge is 0.481 e. The molecule has 0 amide bonds. The maximum atomic E-state index is 10.3. The molecule has 0 rings (SSSR count). The molecule has 4 N–H and O–H groups in total. The fourth-order valence-corrected chi connectivity index (χ4v) is 0.714. The molecule has 8 heteroatoms. The molecule has 0 aromatic carbocycles. The van der Waals surface area contributed by atoms with Gasteiger partial charge in [-0.15, -0.1) is 0 Å². The Labute approximate surface area is 98.5 Å². The maximum absolute atomic E-state index is 10.3. The molecule has 0 aromatic rings. The van der Waals surface area contributed by atoms with Gasteiger partial charge in [0.25, 0.3) is 0 Å². The fraction of sp³-hybridized carbons (Fsp3) is 0.500. The van der Waals surface area contributed by atoms with E-state index in [0.717, 1.165) is 0 Å². The molecule has 0 aliphatic heterocycles. The second-order valence-electron chi connectivity index (χ2n) is 2.48. The van der Waals surface area contributed by atoms with Gasteiger partial charge in [-0.3, -0.25) is 9.59 Å². The van der Waals surface area contributed by atoms with Crippen molar-refractivity contribution in [2.24, 2.45) is 0 Å². The Morgan fingerprint density at radius 1 is 0.929 bits per heavy atom. The van der Waals surface area contributed by atoms with Crippen LogP contribution in [0.1, 0.15) is 12.8 Å². The van der Waals surface area contributed by atoms with Crippen LogP contribution >= 0.6 is 0 Å². The van der Waals surface area contributed by atoms with Gasteiger partial charge in [0.2, 0.25) is 0 Å². The topological polar surface area (TPSA) is 132 Å². The van der Waals surface area contributed by atoms with Crippen molar-refractivity contribution in [1.29, 1.82) is 0 Å². The van der Waals surface area contributed by atoms with Gasteiger partial charge in [-0.25, -0.2) is 4.79 Å². The Morgan fingerprint density at radius 2 is 1.21 bits per heavy atom. The minimum atomic E-state index is -2.74. The third kappa shape index (κ3) is 5.12. The zero-order valence-electron chi connectivity index (χ0n) is 6.93. The van der Waals surface area contributed by atoms with Crippen LogP contribution < -0.4 is 0 Å². The van der Waals surface area contributed by atoms with Crippen molar-refractivity contribution in [1.82, 2.24) is 0 Å². The molecule has 78 valence electrons. The summed E-state index contributed by atoms with van der Waals surface area (Å²) in [5.41, 5.74) is -2.74. The van der Waals surface area contributed by atoms with E-state index in [4.69, 9.17) is 20.4 Å². The molecule has 0 aliphatic carbocycles. The predicted molar refractivity (Wildman–Crippen MR) is 42.8 cm³/mol. The van der Waals surface area contributed by atoms with Crippen LogP contribution in [0.25, 0.3) is 0 Å². The summed E-state index contributed by atoms with van der Waals surface area (Å²) in [6, 6.07) is 0. The van der Waals surface area contributed by atoms with E-state index in [0.29, 0.717) is 0 Å². The summed E-state index contributed by atoms with van der Waals surface area (Å²) < 4.78 is 0. The Kier molecular flexibility index (Phi) is 6.64. The molecule has 0 atom stereocenters. The minimum Gasteiger partial charge on any atom is -0.481 e. The van der Waals surface area contributed by atoms with Gasteiger partial charge in [0.05, 0.1) is 12.8 Å². The van der Waals surface area contributed by atoms with Crippen LogP contribution in [0.15, 0.2) is 0 Å². The first-order valence-electron chi connectivity index (χ1n) is 3.17. The summed E-state index contributed by atoms with van der Waals surface area (Å²) >= 11 is 0. The molecule has 0 aromatic heterocycles. The third-order valence-electron chi connectivity index (χ3n) is 1.29. The smallest absolute Gasteiger partial charge is 0.336 e. The number of carboxylic acids is 3. The summed E-state index contributed by atoms with van der Waals surface area (Å²) in [5, 5.41) is 33.8. The van der Waals surface area contributed by atoms with E-state index >= 15 is 0 Å². The van der Waals surface area contributed by atoms with Gasteiger partial charge >= 0.3 is 17.9 Å². The van der Waals surface area contributed by atoms with Crippen LogP contribution in [-0.2, 0) is 14.4 Å². The van der Waals surface area contributed by atoms with Crippen molar-refractivity contribution >= 4 is 45.2 Å². The molecule has 0 unspecified atom stereocenters. The summed E-state index contributed by atoms with van der Waals surface area (Å²) in [6.45, 7) is 0. The number of carbonyl (C=O) groups is 3. The number of aliphatic hydroxyl groups is 1. The molecule has 0 spiro atoms. The van der Waals surface area contributed by atoms with Crippen molar-refractivity contribution in [3.05, 3.63) is 0 Å². The molecule has 0 saturated carbocycles. The second-order valence-corrected chi connectivity index (χ2v) is 2.48. The summed E-state index contributed by atoms with van der Waals surface area (Å²) in [4.78, 5) is 30.5. The third-order valence-corrected chi connectivity index (χ3v) is 1.29. The maximum Gasteiger partial charge on any atom is 0.336 e. The number of rotatable bonds is 5. The fourth-order valence-electron chi connectivity index (χ4n) is 0.714. The zero-order chi connectivity index (χ0) is 10.6. The molecular formula is C6H8O7Pb. The molecule has 14 heavy (non-hydrogen) atoms. The molecule has 0 bridgehead atoms. The van der Waals surface area contributed by atoms with E-state index in [1.807, 2.05) is 0 Å². The standard InChI is InChI=1S/C6H8O7.Pb/c7-3(8)1-6(13,5(11)12)2-4(9)10;/h13H,1-2H2,(H,7,8)(H,9,10)(H,11,12);. The normalized spacial score (nSPS) is 10.1. The second kappa shape index (κ2) is 5.91. The summed E-state index contributed by atoms with van der Waals surface area (Å²) in [6.07, 6.45) is -2.29. The van der Waals surface area contributed by atoms with Crippen LogP contribution in [0, 0.1) is 0 Å². The quantitative estimate of drug-likeness (QED) is 0.408. The summed E-state index contributed by atoms with van der Waals surface area (Å²) in [5.74, 6) is -5.02. The van der Waals surface area contributed by atoms with Crippen LogP contribution in [-0.4, -0.2) is 71.2 Å². The Hall–Kier alpha value is -0.708.